The van der Waals surface area contributed by atoms with Crippen LogP contribution in [0.25, 0.3) is 0 Å². The average Bonchev–Trinajstić information content (AvgIpc) is 2.70. The highest BCUT2D eigenvalue weighted by Gasteiger charge is 2.19. The molecule has 0 fully saturated rings. The molecule has 0 saturated heterocycles. The molecule has 1 aliphatic rings. The van der Waals surface area contributed by atoms with Crippen LogP contribution in [0.2, 0.25) is 0 Å². The molecule has 1 unspecified atom stereocenters. The van der Waals surface area contributed by atoms with Gasteiger partial charge in [0.15, 0.2) is 0 Å². The second-order valence-corrected chi connectivity index (χ2v) is 5.38. The standard InChI is InChI=1S/C16H25N3/c1-3-10-17-15(14-8-6-4-5-7-9-14)16-18-11-13(2)12-19-16/h8,11-12,15,17H,3-7,9-10H2,1-2H3. The minimum Gasteiger partial charge on any atom is -0.304 e. The van der Waals surface area contributed by atoms with Gasteiger partial charge < -0.3 is 5.32 Å². The Hall–Kier alpha value is -1.22. The van der Waals surface area contributed by atoms with Gasteiger partial charge in [0.1, 0.15) is 5.82 Å². The van der Waals surface area contributed by atoms with Crippen molar-refractivity contribution in [3.8, 4) is 0 Å². The summed E-state index contributed by atoms with van der Waals surface area (Å²) in [5.74, 6) is 0.923. The van der Waals surface area contributed by atoms with Crippen molar-refractivity contribution >= 4 is 0 Å². The third-order valence-electron chi connectivity index (χ3n) is 3.60. The highest BCUT2D eigenvalue weighted by Crippen LogP contribution is 2.27. The van der Waals surface area contributed by atoms with Gasteiger partial charge in [-0.15, -0.1) is 0 Å². The molecular formula is C16H25N3. The number of hydrogen-bond acceptors (Lipinski definition) is 3. The van der Waals surface area contributed by atoms with Crippen molar-refractivity contribution in [1.29, 1.82) is 0 Å². The first kappa shape index (κ1) is 14.2. The first-order valence-electron chi connectivity index (χ1n) is 7.52. The number of nitrogens with one attached hydrogen (secondary N) is 1. The number of aryl methyl sites for hydroxylation is 1. The fourth-order valence-corrected chi connectivity index (χ4v) is 2.53. The predicted molar refractivity (Wildman–Crippen MR) is 79.0 cm³/mol. The fraction of sp³-hybridized carbons (Fsp3) is 0.625. The predicted octanol–water partition coefficient (Wildman–Crippen LogP) is 3.72. The minimum absolute atomic E-state index is 0.207. The second kappa shape index (κ2) is 7.39. The van der Waals surface area contributed by atoms with Gasteiger partial charge in [-0.1, -0.05) is 19.4 Å². The van der Waals surface area contributed by atoms with Gasteiger partial charge in [-0.05, 0) is 56.7 Å². The summed E-state index contributed by atoms with van der Waals surface area (Å²) in [6.45, 7) is 5.24. The van der Waals surface area contributed by atoms with Crippen molar-refractivity contribution in [1.82, 2.24) is 15.3 Å². The van der Waals surface area contributed by atoms with Crippen LogP contribution < -0.4 is 5.32 Å². The lowest BCUT2D eigenvalue weighted by Crippen LogP contribution is -2.26. The Morgan fingerprint density at radius 1 is 1.21 bits per heavy atom. The minimum atomic E-state index is 0.207. The molecule has 2 rings (SSSR count). The third kappa shape index (κ3) is 4.13. The number of hydrogen-bond donors (Lipinski definition) is 1. The van der Waals surface area contributed by atoms with Gasteiger partial charge in [0.05, 0.1) is 6.04 Å². The van der Waals surface area contributed by atoms with Crippen LogP contribution in [0.4, 0.5) is 0 Å². The van der Waals surface area contributed by atoms with E-state index in [9.17, 15) is 0 Å². The van der Waals surface area contributed by atoms with E-state index in [1.54, 1.807) is 0 Å². The van der Waals surface area contributed by atoms with Crippen molar-refractivity contribution < 1.29 is 0 Å². The molecule has 3 heteroatoms. The molecule has 1 heterocycles. The van der Waals surface area contributed by atoms with Crippen LogP contribution in [-0.2, 0) is 0 Å². The Morgan fingerprint density at radius 2 is 2.00 bits per heavy atom. The summed E-state index contributed by atoms with van der Waals surface area (Å²) in [7, 11) is 0. The maximum absolute atomic E-state index is 4.52. The monoisotopic (exact) mass is 259 g/mol. The lowest BCUT2D eigenvalue weighted by molar-refractivity contribution is 0.543. The molecular weight excluding hydrogens is 234 g/mol. The van der Waals surface area contributed by atoms with Gasteiger partial charge >= 0.3 is 0 Å². The van der Waals surface area contributed by atoms with E-state index in [4.69, 9.17) is 0 Å². The number of rotatable bonds is 5. The maximum atomic E-state index is 4.52. The summed E-state index contributed by atoms with van der Waals surface area (Å²) in [6, 6.07) is 0.207. The SMILES string of the molecule is CCCNC(C1=CCCCCC1)c1ncc(C)cn1. The Kier molecular flexibility index (Phi) is 5.52. The van der Waals surface area contributed by atoms with Gasteiger partial charge in [-0.25, -0.2) is 9.97 Å². The van der Waals surface area contributed by atoms with E-state index in [2.05, 4.69) is 28.3 Å². The van der Waals surface area contributed by atoms with Crippen LogP contribution in [0.1, 0.15) is 62.9 Å². The zero-order chi connectivity index (χ0) is 13.5. The topological polar surface area (TPSA) is 37.8 Å². The van der Waals surface area contributed by atoms with Crippen molar-refractivity contribution in [2.75, 3.05) is 6.54 Å². The van der Waals surface area contributed by atoms with Crippen LogP contribution in [-0.4, -0.2) is 16.5 Å². The van der Waals surface area contributed by atoms with Crippen LogP contribution in [0.5, 0.6) is 0 Å². The van der Waals surface area contributed by atoms with Crippen molar-refractivity contribution in [3.63, 3.8) is 0 Å². The summed E-state index contributed by atoms with van der Waals surface area (Å²) < 4.78 is 0. The summed E-state index contributed by atoms with van der Waals surface area (Å²) in [5, 5.41) is 3.61. The molecule has 19 heavy (non-hydrogen) atoms. The van der Waals surface area contributed by atoms with E-state index in [1.165, 1.54) is 37.7 Å². The van der Waals surface area contributed by atoms with Gasteiger partial charge in [-0.3, -0.25) is 0 Å². The Morgan fingerprint density at radius 3 is 2.74 bits per heavy atom. The van der Waals surface area contributed by atoms with Crippen molar-refractivity contribution in [2.24, 2.45) is 0 Å². The highest BCUT2D eigenvalue weighted by molar-refractivity contribution is 5.19. The summed E-state index contributed by atoms with van der Waals surface area (Å²) in [5.41, 5.74) is 2.60. The molecule has 3 nitrogen and oxygen atoms in total. The van der Waals surface area contributed by atoms with Crippen LogP contribution in [0.3, 0.4) is 0 Å². The number of allylic oxidation sites excluding steroid dienone is 1. The highest BCUT2D eigenvalue weighted by atomic mass is 15.0. The van der Waals surface area contributed by atoms with E-state index in [-0.39, 0.29) is 6.04 Å². The van der Waals surface area contributed by atoms with E-state index < -0.39 is 0 Å². The lowest BCUT2D eigenvalue weighted by atomic mass is 10.0. The molecule has 0 radical (unpaired) electrons. The van der Waals surface area contributed by atoms with E-state index >= 15 is 0 Å². The van der Waals surface area contributed by atoms with Crippen LogP contribution in [0, 0.1) is 6.92 Å². The molecule has 1 atom stereocenters. The zero-order valence-corrected chi connectivity index (χ0v) is 12.2. The summed E-state index contributed by atoms with van der Waals surface area (Å²) >= 11 is 0. The molecule has 1 N–H and O–H groups in total. The van der Waals surface area contributed by atoms with E-state index in [0.29, 0.717) is 0 Å². The molecule has 1 aromatic rings. The molecule has 0 aromatic carbocycles. The Balaban J connectivity index is 2.18. The first-order chi connectivity index (χ1) is 9.31. The van der Waals surface area contributed by atoms with Crippen molar-refractivity contribution in [2.45, 2.75) is 58.4 Å². The molecule has 0 saturated carbocycles. The van der Waals surface area contributed by atoms with Crippen LogP contribution >= 0.6 is 0 Å². The Bertz CT molecular complexity index is 409. The quantitative estimate of drug-likeness (QED) is 0.819. The Labute approximate surface area is 116 Å². The molecule has 1 aromatic heterocycles. The van der Waals surface area contributed by atoms with E-state index in [1.807, 2.05) is 19.3 Å². The summed E-state index contributed by atoms with van der Waals surface area (Å²) in [4.78, 5) is 9.05. The average molecular weight is 259 g/mol. The smallest absolute Gasteiger partial charge is 0.149 e. The molecule has 0 aliphatic heterocycles. The lowest BCUT2D eigenvalue weighted by Gasteiger charge is -2.20. The van der Waals surface area contributed by atoms with Gasteiger partial charge in [-0.2, -0.15) is 0 Å². The molecule has 0 amide bonds. The van der Waals surface area contributed by atoms with Crippen LogP contribution in [0.15, 0.2) is 24.0 Å². The zero-order valence-electron chi connectivity index (χ0n) is 12.2. The number of nitrogens with zero attached hydrogens (tertiary/aromatic N) is 2. The first-order valence-corrected chi connectivity index (χ1v) is 7.52. The molecule has 0 spiro atoms. The van der Waals surface area contributed by atoms with E-state index in [0.717, 1.165) is 24.4 Å². The summed E-state index contributed by atoms with van der Waals surface area (Å²) in [6.07, 6.45) is 13.7. The normalized spacial score (nSPS) is 17.7. The van der Waals surface area contributed by atoms with Gasteiger partial charge in [0, 0.05) is 12.4 Å². The van der Waals surface area contributed by atoms with Gasteiger partial charge in [0.25, 0.3) is 0 Å². The molecule has 1 aliphatic carbocycles. The largest absolute Gasteiger partial charge is 0.304 e. The fourth-order valence-electron chi connectivity index (χ4n) is 2.53. The second-order valence-electron chi connectivity index (χ2n) is 5.38. The maximum Gasteiger partial charge on any atom is 0.149 e. The van der Waals surface area contributed by atoms with Gasteiger partial charge in [0.2, 0.25) is 0 Å². The number of aromatic nitrogens is 2. The molecule has 104 valence electrons. The third-order valence-corrected chi connectivity index (χ3v) is 3.60. The molecule has 0 bridgehead atoms. The van der Waals surface area contributed by atoms with Crippen molar-refractivity contribution in [3.05, 3.63) is 35.4 Å².